The van der Waals surface area contributed by atoms with Crippen molar-refractivity contribution < 1.29 is 4.79 Å². The Labute approximate surface area is 156 Å². The first-order valence-corrected chi connectivity index (χ1v) is 9.15. The lowest BCUT2D eigenvalue weighted by Gasteiger charge is -2.31. The van der Waals surface area contributed by atoms with Gasteiger partial charge in [-0.15, -0.1) is 0 Å². The van der Waals surface area contributed by atoms with Gasteiger partial charge in [-0.05, 0) is 44.0 Å². The Morgan fingerprint density at radius 2 is 2.31 bits per heavy atom. The van der Waals surface area contributed by atoms with Crippen LogP contribution in [0.5, 0.6) is 0 Å². The molecule has 3 aromatic rings. The summed E-state index contributed by atoms with van der Waals surface area (Å²) in [6.07, 6.45) is 1.96. The van der Waals surface area contributed by atoms with Gasteiger partial charge in [0, 0.05) is 40.6 Å². The molecule has 3 N–H and O–H groups in total. The van der Waals surface area contributed by atoms with Crippen molar-refractivity contribution in [3.05, 3.63) is 46.6 Å². The monoisotopic (exact) mass is 372 g/mol. The van der Waals surface area contributed by atoms with Crippen molar-refractivity contribution in [1.82, 2.24) is 30.4 Å². The smallest absolute Gasteiger partial charge is 0.317 e. The largest absolute Gasteiger partial charge is 0.357 e. The molecule has 1 fully saturated rings. The van der Waals surface area contributed by atoms with Gasteiger partial charge in [0.25, 0.3) is 0 Å². The molecule has 26 heavy (non-hydrogen) atoms. The van der Waals surface area contributed by atoms with Crippen LogP contribution in [0.25, 0.3) is 10.9 Å². The van der Waals surface area contributed by atoms with Gasteiger partial charge in [-0.25, -0.2) is 9.78 Å². The van der Waals surface area contributed by atoms with E-state index in [1.165, 1.54) is 0 Å². The second-order valence-corrected chi connectivity index (χ2v) is 7.19. The van der Waals surface area contributed by atoms with Crippen molar-refractivity contribution in [2.75, 3.05) is 13.1 Å². The number of carbonyl (C=O) groups excluding carboxylic acids is 1. The molecule has 7 nitrogen and oxygen atoms in total. The summed E-state index contributed by atoms with van der Waals surface area (Å²) in [6, 6.07) is 7.65. The maximum absolute atomic E-state index is 12.6. The van der Waals surface area contributed by atoms with E-state index in [4.69, 9.17) is 11.6 Å². The molecule has 1 atom stereocenters. The van der Waals surface area contributed by atoms with E-state index in [0.717, 1.165) is 47.6 Å². The second kappa shape index (κ2) is 6.99. The van der Waals surface area contributed by atoms with Gasteiger partial charge < -0.3 is 15.2 Å². The first-order valence-electron chi connectivity index (χ1n) is 8.77. The highest BCUT2D eigenvalue weighted by Gasteiger charge is 2.27. The van der Waals surface area contributed by atoms with Crippen LogP contribution < -0.4 is 5.32 Å². The number of piperidine rings is 1. The Balaban J connectivity index is 1.37. The molecule has 0 radical (unpaired) electrons. The third-order valence-corrected chi connectivity index (χ3v) is 4.99. The van der Waals surface area contributed by atoms with Crippen LogP contribution in [0, 0.1) is 6.92 Å². The third-order valence-electron chi connectivity index (χ3n) is 4.76. The van der Waals surface area contributed by atoms with Crippen LogP contribution >= 0.6 is 11.6 Å². The zero-order valence-electron chi connectivity index (χ0n) is 14.6. The molecule has 0 aliphatic carbocycles. The van der Waals surface area contributed by atoms with Gasteiger partial charge in [0.15, 0.2) is 5.82 Å². The summed E-state index contributed by atoms with van der Waals surface area (Å²) in [4.78, 5) is 22.1. The molecule has 8 heteroatoms. The first-order chi connectivity index (χ1) is 12.6. The molecular weight excluding hydrogens is 352 g/mol. The number of halogens is 1. The fourth-order valence-electron chi connectivity index (χ4n) is 3.46. The quantitative estimate of drug-likeness (QED) is 0.658. The number of likely N-dealkylation sites (tertiary alicyclic amines) is 1. The summed E-state index contributed by atoms with van der Waals surface area (Å²) in [6.45, 7) is 3.74. The van der Waals surface area contributed by atoms with Crippen molar-refractivity contribution in [3.8, 4) is 0 Å². The van der Waals surface area contributed by atoms with Crippen LogP contribution in [0.3, 0.4) is 0 Å². The van der Waals surface area contributed by atoms with Crippen molar-refractivity contribution in [1.29, 1.82) is 0 Å². The minimum Gasteiger partial charge on any atom is -0.357 e. The highest BCUT2D eigenvalue weighted by Crippen LogP contribution is 2.24. The molecule has 2 aromatic heterocycles. The van der Waals surface area contributed by atoms with E-state index < -0.39 is 0 Å². The summed E-state index contributed by atoms with van der Waals surface area (Å²) in [5.41, 5.74) is 1.96. The van der Waals surface area contributed by atoms with Crippen LogP contribution in [-0.2, 0) is 6.54 Å². The number of nitrogens with one attached hydrogen (secondary N) is 3. The van der Waals surface area contributed by atoms with Gasteiger partial charge in [-0.1, -0.05) is 11.6 Å². The van der Waals surface area contributed by atoms with E-state index in [1.807, 2.05) is 36.1 Å². The van der Waals surface area contributed by atoms with Gasteiger partial charge in [0.05, 0.1) is 6.54 Å². The van der Waals surface area contributed by atoms with E-state index in [9.17, 15) is 4.79 Å². The van der Waals surface area contributed by atoms with E-state index in [0.29, 0.717) is 18.1 Å². The van der Waals surface area contributed by atoms with Crippen molar-refractivity contribution in [2.24, 2.45) is 0 Å². The topological polar surface area (TPSA) is 89.7 Å². The van der Waals surface area contributed by atoms with Crippen molar-refractivity contribution in [3.63, 3.8) is 0 Å². The van der Waals surface area contributed by atoms with Crippen LogP contribution in [0.1, 0.15) is 36.1 Å². The number of carbonyl (C=O) groups is 1. The lowest BCUT2D eigenvalue weighted by molar-refractivity contribution is 0.178. The molecule has 136 valence electrons. The highest BCUT2D eigenvalue weighted by molar-refractivity contribution is 6.31. The number of hydrogen-bond acceptors (Lipinski definition) is 3. The molecule has 2 amide bonds. The van der Waals surface area contributed by atoms with Gasteiger partial charge in [0.2, 0.25) is 0 Å². The van der Waals surface area contributed by atoms with Gasteiger partial charge in [-0.3, -0.25) is 5.10 Å². The summed E-state index contributed by atoms with van der Waals surface area (Å²) in [7, 11) is 0. The van der Waals surface area contributed by atoms with Gasteiger partial charge in [0.1, 0.15) is 5.82 Å². The summed E-state index contributed by atoms with van der Waals surface area (Å²) < 4.78 is 0. The van der Waals surface area contributed by atoms with Crippen LogP contribution in [-0.4, -0.2) is 44.2 Å². The predicted molar refractivity (Wildman–Crippen MR) is 100 cm³/mol. The lowest BCUT2D eigenvalue weighted by atomic mass is 9.98. The lowest BCUT2D eigenvalue weighted by Crippen LogP contribution is -2.44. The number of hydrogen-bond donors (Lipinski definition) is 3. The van der Waals surface area contributed by atoms with E-state index in [-0.39, 0.29) is 11.9 Å². The number of rotatable bonds is 3. The zero-order valence-corrected chi connectivity index (χ0v) is 15.3. The molecular formula is C18H21ClN6O. The highest BCUT2D eigenvalue weighted by atomic mass is 35.5. The third kappa shape index (κ3) is 3.53. The normalized spacial score (nSPS) is 17.6. The molecule has 1 aliphatic heterocycles. The summed E-state index contributed by atoms with van der Waals surface area (Å²) in [5, 5.41) is 11.9. The molecule has 0 unspecified atom stereocenters. The Kier molecular flexibility index (Phi) is 4.55. The number of urea groups is 1. The van der Waals surface area contributed by atoms with Crippen LogP contribution in [0.4, 0.5) is 4.79 Å². The summed E-state index contributed by atoms with van der Waals surface area (Å²) >= 11 is 6.02. The zero-order chi connectivity index (χ0) is 18.1. The average molecular weight is 373 g/mol. The Morgan fingerprint density at radius 3 is 3.12 bits per heavy atom. The Hall–Kier alpha value is -2.54. The van der Waals surface area contributed by atoms with E-state index in [1.54, 1.807) is 0 Å². The maximum atomic E-state index is 12.6. The van der Waals surface area contributed by atoms with E-state index >= 15 is 0 Å². The number of aromatic amines is 2. The van der Waals surface area contributed by atoms with Crippen LogP contribution in [0.2, 0.25) is 5.02 Å². The molecule has 4 rings (SSSR count). The molecule has 0 spiro atoms. The predicted octanol–water partition coefficient (Wildman–Crippen LogP) is 3.34. The Bertz CT molecular complexity index is 933. The minimum absolute atomic E-state index is 0.0568. The molecule has 1 saturated heterocycles. The number of aryl methyl sites for hydroxylation is 1. The fourth-order valence-corrected chi connectivity index (χ4v) is 3.64. The van der Waals surface area contributed by atoms with E-state index in [2.05, 4.69) is 25.5 Å². The van der Waals surface area contributed by atoms with Gasteiger partial charge >= 0.3 is 6.03 Å². The van der Waals surface area contributed by atoms with Crippen molar-refractivity contribution >= 4 is 28.5 Å². The standard InChI is InChI=1S/C18H21ClN6O/c1-11-21-17(24-23-11)12-3-2-6-25(10-12)18(26)20-9-15-8-13-7-14(19)4-5-16(13)22-15/h4-5,7-8,12,22H,2-3,6,9-10H2,1H3,(H,20,26)(H,21,23,24)/t12-/m0/s1. The SMILES string of the molecule is Cc1nc([C@H]2CCCN(C(=O)NCc3cc4cc(Cl)ccc4[nH]3)C2)n[nH]1. The second-order valence-electron chi connectivity index (χ2n) is 6.75. The van der Waals surface area contributed by atoms with Crippen molar-refractivity contribution in [2.45, 2.75) is 32.2 Å². The Morgan fingerprint density at radius 1 is 1.42 bits per heavy atom. The number of nitrogens with zero attached hydrogens (tertiary/aromatic N) is 3. The minimum atomic E-state index is -0.0568. The molecule has 3 heterocycles. The average Bonchev–Trinajstić information content (AvgIpc) is 3.25. The fraction of sp³-hybridized carbons (Fsp3) is 0.389. The molecule has 0 bridgehead atoms. The number of aromatic nitrogens is 4. The number of fused-ring (bicyclic) bond motifs is 1. The van der Waals surface area contributed by atoms with Gasteiger partial charge in [-0.2, -0.15) is 5.10 Å². The maximum Gasteiger partial charge on any atom is 0.317 e. The number of benzene rings is 1. The summed E-state index contributed by atoms with van der Waals surface area (Å²) in [5.74, 6) is 1.79. The number of amides is 2. The number of H-pyrrole nitrogens is 2. The van der Waals surface area contributed by atoms with Crippen LogP contribution in [0.15, 0.2) is 24.3 Å². The molecule has 0 saturated carbocycles. The molecule has 1 aliphatic rings. The first kappa shape index (κ1) is 16.9. The molecule has 1 aromatic carbocycles.